The highest BCUT2D eigenvalue weighted by Crippen LogP contribution is 2.17. The van der Waals surface area contributed by atoms with Crippen LogP contribution in [0.2, 0.25) is 0 Å². The number of H-pyrrole nitrogens is 1. The van der Waals surface area contributed by atoms with E-state index in [1.54, 1.807) is 0 Å². The monoisotopic (exact) mass is 399 g/mol. The van der Waals surface area contributed by atoms with E-state index in [9.17, 15) is 14.4 Å². The zero-order valence-electron chi connectivity index (χ0n) is 11.4. The fourth-order valence-corrected chi connectivity index (χ4v) is 2.47. The Balaban J connectivity index is 1.99. The van der Waals surface area contributed by atoms with Gasteiger partial charge in [0.1, 0.15) is 0 Å². The Labute approximate surface area is 134 Å². The second-order valence-electron chi connectivity index (χ2n) is 4.56. The molecule has 0 aliphatic heterocycles. The van der Waals surface area contributed by atoms with Crippen molar-refractivity contribution in [2.45, 2.75) is 19.9 Å². The smallest absolute Gasteiger partial charge is 0.326 e. The van der Waals surface area contributed by atoms with Gasteiger partial charge in [0.25, 0.3) is 5.56 Å². The van der Waals surface area contributed by atoms with Crippen LogP contribution < -0.4 is 16.6 Å². The van der Waals surface area contributed by atoms with Crippen LogP contribution in [0.4, 0.5) is 5.69 Å². The van der Waals surface area contributed by atoms with E-state index in [4.69, 9.17) is 0 Å². The first-order valence-electron chi connectivity index (χ1n) is 6.31. The first kappa shape index (κ1) is 15.5. The number of carbonyl (C=O) groups is 1. The third-order valence-electron chi connectivity index (χ3n) is 2.94. The average Bonchev–Trinajstić information content (AvgIpc) is 2.41. The molecule has 1 aromatic heterocycles. The van der Waals surface area contributed by atoms with E-state index in [2.05, 4.69) is 32.9 Å². The number of rotatable bonds is 4. The summed E-state index contributed by atoms with van der Waals surface area (Å²) in [5, 5.41) is 2.81. The van der Waals surface area contributed by atoms with Crippen LogP contribution in [0.25, 0.3) is 0 Å². The van der Waals surface area contributed by atoms with Crippen LogP contribution in [0.5, 0.6) is 0 Å². The number of aromatic amines is 1. The second-order valence-corrected chi connectivity index (χ2v) is 5.81. The molecule has 0 bridgehead atoms. The van der Waals surface area contributed by atoms with E-state index < -0.39 is 11.2 Å². The molecule has 0 saturated carbocycles. The van der Waals surface area contributed by atoms with Gasteiger partial charge in [-0.25, -0.2) is 4.79 Å². The van der Waals surface area contributed by atoms with Crippen LogP contribution in [0.3, 0.4) is 0 Å². The summed E-state index contributed by atoms with van der Waals surface area (Å²) in [6, 6.07) is 6.99. The molecular formula is C14H14IN3O3. The molecule has 21 heavy (non-hydrogen) atoms. The zero-order chi connectivity index (χ0) is 15.4. The highest BCUT2D eigenvalue weighted by atomic mass is 127. The van der Waals surface area contributed by atoms with Crippen LogP contribution in [0.1, 0.15) is 12.0 Å². The highest BCUT2D eigenvalue weighted by Gasteiger charge is 2.06. The summed E-state index contributed by atoms with van der Waals surface area (Å²) in [5.74, 6) is -0.183. The summed E-state index contributed by atoms with van der Waals surface area (Å²) in [5.41, 5.74) is 0.779. The zero-order valence-corrected chi connectivity index (χ0v) is 13.5. The normalized spacial score (nSPS) is 10.4. The van der Waals surface area contributed by atoms with E-state index in [1.807, 2.05) is 25.1 Å². The molecule has 0 fully saturated rings. The standard InChI is InChI=1S/C14H14IN3O3/c1-9-8-10(15)2-3-11(9)16-12(19)4-6-18-7-5-13(20)17-14(18)21/h2-3,5,7-8H,4,6H2,1H3,(H,16,19)(H,17,20,21). The summed E-state index contributed by atoms with van der Waals surface area (Å²) in [4.78, 5) is 36.5. The van der Waals surface area contributed by atoms with Gasteiger partial charge in [-0.3, -0.25) is 14.6 Å². The molecule has 0 spiro atoms. The molecule has 7 heteroatoms. The number of amides is 1. The fraction of sp³-hybridized carbons (Fsp3) is 0.214. The molecule has 0 radical (unpaired) electrons. The molecule has 0 atom stereocenters. The molecule has 0 aliphatic rings. The molecule has 2 N–H and O–H groups in total. The Morgan fingerprint density at radius 3 is 2.76 bits per heavy atom. The van der Waals surface area contributed by atoms with Crippen molar-refractivity contribution in [2.75, 3.05) is 5.32 Å². The number of nitrogens with zero attached hydrogens (tertiary/aromatic N) is 1. The van der Waals surface area contributed by atoms with Gasteiger partial charge in [0.05, 0.1) is 0 Å². The molecule has 1 aromatic carbocycles. The Hall–Kier alpha value is -1.90. The van der Waals surface area contributed by atoms with Crippen LogP contribution in [-0.2, 0) is 11.3 Å². The molecular weight excluding hydrogens is 385 g/mol. The van der Waals surface area contributed by atoms with Gasteiger partial charge in [0, 0.05) is 34.5 Å². The van der Waals surface area contributed by atoms with Crippen LogP contribution >= 0.6 is 22.6 Å². The fourth-order valence-electron chi connectivity index (χ4n) is 1.82. The number of benzene rings is 1. The number of nitrogens with one attached hydrogen (secondary N) is 2. The number of aromatic nitrogens is 2. The van der Waals surface area contributed by atoms with Crippen molar-refractivity contribution in [1.29, 1.82) is 0 Å². The minimum absolute atomic E-state index is 0.150. The van der Waals surface area contributed by atoms with E-state index >= 15 is 0 Å². The van der Waals surface area contributed by atoms with Gasteiger partial charge in [-0.05, 0) is 53.3 Å². The van der Waals surface area contributed by atoms with Crippen molar-refractivity contribution in [3.8, 4) is 0 Å². The van der Waals surface area contributed by atoms with Gasteiger partial charge < -0.3 is 9.88 Å². The molecule has 6 nitrogen and oxygen atoms in total. The van der Waals surface area contributed by atoms with Crippen molar-refractivity contribution in [2.24, 2.45) is 0 Å². The molecule has 0 aliphatic carbocycles. The van der Waals surface area contributed by atoms with Crippen molar-refractivity contribution < 1.29 is 4.79 Å². The van der Waals surface area contributed by atoms with Gasteiger partial charge >= 0.3 is 5.69 Å². The van der Waals surface area contributed by atoms with E-state index in [1.165, 1.54) is 16.8 Å². The lowest BCUT2D eigenvalue weighted by Crippen LogP contribution is -2.29. The number of halogens is 1. The number of aryl methyl sites for hydroxylation is 2. The maximum Gasteiger partial charge on any atom is 0.328 e. The molecule has 2 aromatic rings. The lowest BCUT2D eigenvalue weighted by Gasteiger charge is -2.09. The summed E-state index contributed by atoms with van der Waals surface area (Å²) in [7, 11) is 0. The predicted octanol–water partition coefficient (Wildman–Crippen LogP) is 1.48. The predicted molar refractivity (Wildman–Crippen MR) is 88.5 cm³/mol. The average molecular weight is 399 g/mol. The summed E-state index contributed by atoms with van der Waals surface area (Å²) in [6.45, 7) is 2.13. The van der Waals surface area contributed by atoms with Gasteiger partial charge in [-0.2, -0.15) is 0 Å². The molecule has 1 amide bonds. The molecule has 110 valence electrons. The van der Waals surface area contributed by atoms with Crippen molar-refractivity contribution in [3.63, 3.8) is 0 Å². The number of hydrogen-bond donors (Lipinski definition) is 2. The van der Waals surface area contributed by atoms with Crippen LogP contribution in [0, 0.1) is 10.5 Å². The Morgan fingerprint density at radius 2 is 2.10 bits per heavy atom. The van der Waals surface area contributed by atoms with Crippen LogP contribution in [-0.4, -0.2) is 15.5 Å². The maximum absolute atomic E-state index is 11.9. The first-order chi connectivity index (χ1) is 9.95. The van der Waals surface area contributed by atoms with Gasteiger partial charge in [0.2, 0.25) is 5.91 Å². The number of hydrogen-bond acceptors (Lipinski definition) is 3. The lowest BCUT2D eigenvalue weighted by atomic mass is 10.2. The summed E-state index contributed by atoms with van der Waals surface area (Å²) < 4.78 is 2.39. The van der Waals surface area contributed by atoms with Crippen LogP contribution in [0.15, 0.2) is 40.1 Å². The lowest BCUT2D eigenvalue weighted by molar-refractivity contribution is -0.116. The Kier molecular flexibility index (Phi) is 4.94. The van der Waals surface area contributed by atoms with Gasteiger partial charge in [0.15, 0.2) is 0 Å². The van der Waals surface area contributed by atoms with E-state index in [-0.39, 0.29) is 18.9 Å². The van der Waals surface area contributed by atoms with Crippen molar-refractivity contribution in [3.05, 3.63) is 60.4 Å². The molecule has 0 unspecified atom stereocenters. The number of carbonyl (C=O) groups excluding carboxylic acids is 1. The maximum atomic E-state index is 11.9. The molecule has 1 heterocycles. The minimum Gasteiger partial charge on any atom is -0.326 e. The van der Waals surface area contributed by atoms with Crippen molar-refractivity contribution >= 4 is 34.2 Å². The third kappa shape index (κ3) is 4.28. The summed E-state index contributed by atoms with van der Waals surface area (Å²) >= 11 is 2.21. The third-order valence-corrected chi connectivity index (χ3v) is 3.61. The van der Waals surface area contributed by atoms with Gasteiger partial charge in [-0.1, -0.05) is 0 Å². The van der Waals surface area contributed by atoms with Gasteiger partial charge in [-0.15, -0.1) is 0 Å². The van der Waals surface area contributed by atoms with Crippen molar-refractivity contribution in [1.82, 2.24) is 9.55 Å². The Morgan fingerprint density at radius 1 is 1.33 bits per heavy atom. The van der Waals surface area contributed by atoms with E-state index in [0.29, 0.717) is 0 Å². The summed E-state index contributed by atoms with van der Waals surface area (Å²) in [6.07, 6.45) is 1.53. The first-order valence-corrected chi connectivity index (χ1v) is 7.39. The topological polar surface area (TPSA) is 84.0 Å². The van der Waals surface area contributed by atoms with E-state index in [0.717, 1.165) is 14.8 Å². The largest absolute Gasteiger partial charge is 0.328 e. The quantitative estimate of drug-likeness (QED) is 0.765. The highest BCUT2D eigenvalue weighted by molar-refractivity contribution is 14.1. The minimum atomic E-state index is -0.513. The Bertz CT molecular complexity index is 780. The molecule has 0 saturated heterocycles. The molecule has 2 rings (SSSR count). The SMILES string of the molecule is Cc1cc(I)ccc1NC(=O)CCn1ccc(=O)[nH]c1=O. The second kappa shape index (κ2) is 6.70. The number of anilines is 1.